The van der Waals surface area contributed by atoms with E-state index >= 15 is 0 Å². The summed E-state index contributed by atoms with van der Waals surface area (Å²) in [4.78, 5) is 6.39. The van der Waals surface area contributed by atoms with Gasteiger partial charge in [-0.25, -0.2) is 4.98 Å². The van der Waals surface area contributed by atoms with Crippen molar-refractivity contribution in [2.24, 2.45) is 11.7 Å². The third-order valence-corrected chi connectivity index (χ3v) is 3.08. The molecule has 1 aromatic heterocycles. The highest BCUT2D eigenvalue weighted by Gasteiger charge is 2.11. The Morgan fingerprint density at radius 1 is 1.79 bits per heavy atom. The van der Waals surface area contributed by atoms with Crippen LogP contribution in [0, 0.1) is 18.3 Å². The van der Waals surface area contributed by atoms with Crippen LogP contribution < -0.4 is 10.6 Å². The molecule has 0 saturated carbocycles. The Bertz CT molecular complexity index is 320. The zero-order chi connectivity index (χ0) is 10.7. The van der Waals surface area contributed by atoms with Gasteiger partial charge in [0.05, 0.1) is 11.5 Å². The van der Waals surface area contributed by atoms with Gasteiger partial charge in [0.2, 0.25) is 0 Å². The molecule has 1 atom stereocenters. The first kappa shape index (κ1) is 11.0. The minimum atomic E-state index is 0.0733. The van der Waals surface area contributed by atoms with Gasteiger partial charge >= 0.3 is 0 Å². The van der Waals surface area contributed by atoms with E-state index in [2.05, 4.69) is 4.98 Å². The smallest absolute Gasteiger partial charge is 0.185 e. The van der Waals surface area contributed by atoms with Gasteiger partial charge in [-0.15, -0.1) is 11.3 Å². The molecule has 0 fully saturated rings. The van der Waals surface area contributed by atoms with Crippen molar-refractivity contribution >= 4 is 22.3 Å². The van der Waals surface area contributed by atoms with Crippen molar-refractivity contribution in [3.63, 3.8) is 0 Å². The summed E-state index contributed by atoms with van der Waals surface area (Å²) in [5, 5.41) is 10.3. The number of nitrogens with one attached hydrogen (secondary N) is 1. The van der Waals surface area contributed by atoms with Crippen LogP contribution in [0.15, 0.2) is 5.38 Å². The Morgan fingerprint density at radius 3 is 2.86 bits per heavy atom. The molecule has 3 N–H and O–H groups in total. The Labute approximate surface area is 88.3 Å². The van der Waals surface area contributed by atoms with Crippen molar-refractivity contribution in [1.29, 1.82) is 5.41 Å². The Balaban J connectivity index is 2.58. The van der Waals surface area contributed by atoms with Gasteiger partial charge in [0, 0.05) is 24.9 Å². The predicted octanol–water partition coefficient (Wildman–Crippen LogP) is 1.46. The monoisotopic (exact) mass is 212 g/mol. The molecule has 14 heavy (non-hydrogen) atoms. The van der Waals surface area contributed by atoms with Gasteiger partial charge in [-0.05, 0) is 6.92 Å². The number of nitrogens with zero attached hydrogens (tertiary/aromatic N) is 2. The van der Waals surface area contributed by atoms with E-state index in [-0.39, 0.29) is 11.8 Å². The molecule has 0 radical (unpaired) electrons. The van der Waals surface area contributed by atoms with E-state index in [0.717, 1.165) is 17.4 Å². The molecule has 78 valence electrons. The number of rotatable bonds is 4. The third kappa shape index (κ3) is 2.70. The summed E-state index contributed by atoms with van der Waals surface area (Å²) < 4.78 is 0. The number of hydrogen-bond donors (Lipinski definition) is 2. The molecule has 0 aliphatic heterocycles. The van der Waals surface area contributed by atoms with Crippen LogP contribution in [0.1, 0.15) is 12.6 Å². The van der Waals surface area contributed by atoms with Crippen molar-refractivity contribution in [1.82, 2.24) is 4.98 Å². The summed E-state index contributed by atoms with van der Waals surface area (Å²) in [5.41, 5.74) is 6.44. The van der Waals surface area contributed by atoms with Gasteiger partial charge in [0.1, 0.15) is 0 Å². The molecule has 1 aromatic rings. The van der Waals surface area contributed by atoms with E-state index in [1.165, 1.54) is 0 Å². The lowest BCUT2D eigenvalue weighted by Crippen LogP contribution is -2.31. The normalized spacial score (nSPS) is 12.5. The number of amidine groups is 1. The Kier molecular flexibility index (Phi) is 3.46. The number of hydrogen-bond acceptors (Lipinski definition) is 4. The number of nitrogens with two attached hydrogens (primary N) is 1. The second kappa shape index (κ2) is 4.41. The van der Waals surface area contributed by atoms with Crippen LogP contribution in [0.3, 0.4) is 0 Å². The molecule has 0 bridgehead atoms. The topological polar surface area (TPSA) is 66.0 Å². The second-order valence-corrected chi connectivity index (χ2v) is 4.34. The van der Waals surface area contributed by atoms with Gasteiger partial charge < -0.3 is 10.6 Å². The van der Waals surface area contributed by atoms with Crippen molar-refractivity contribution in [2.75, 3.05) is 18.5 Å². The number of thiazole rings is 1. The average Bonchev–Trinajstić information content (AvgIpc) is 2.51. The van der Waals surface area contributed by atoms with Gasteiger partial charge in [0.25, 0.3) is 0 Å². The maximum atomic E-state index is 7.30. The van der Waals surface area contributed by atoms with E-state index < -0.39 is 0 Å². The molecular formula is C9H16N4S. The third-order valence-electron chi connectivity index (χ3n) is 2.01. The van der Waals surface area contributed by atoms with Crippen molar-refractivity contribution in [2.45, 2.75) is 13.8 Å². The lowest BCUT2D eigenvalue weighted by Gasteiger charge is -2.19. The van der Waals surface area contributed by atoms with Crippen LogP contribution in [-0.4, -0.2) is 24.4 Å². The van der Waals surface area contributed by atoms with Crippen molar-refractivity contribution in [3.05, 3.63) is 11.1 Å². The predicted molar refractivity (Wildman–Crippen MR) is 61.2 cm³/mol. The van der Waals surface area contributed by atoms with Crippen LogP contribution >= 0.6 is 11.3 Å². The first-order valence-electron chi connectivity index (χ1n) is 4.48. The zero-order valence-corrected chi connectivity index (χ0v) is 9.56. The zero-order valence-electron chi connectivity index (χ0n) is 8.74. The SMILES string of the molecule is Cc1csc(N(C)CC(C)C(=N)N)n1. The van der Waals surface area contributed by atoms with E-state index in [1.807, 2.05) is 31.2 Å². The molecule has 0 saturated heterocycles. The highest BCUT2D eigenvalue weighted by Crippen LogP contribution is 2.19. The average molecular weight is 212 g/mol. The maximum absolute atomic E-state index is 7.30. The minimum absolute atomic E-state index is 0.0733. The van der Waals surface area contributed by atoms with Crippen molar-refractivity contribution in [3.8, 4) is 0 Å². The molecule has 0 amide bonds. The maximum Gasteiger partial charge on any atom is 0.185 e. The molecule has 0 aliphatic rings. The van der Waals surface area contributed by atoms with E-state index in [0.29, 0.717) is 0 Å². The van der Waals surface area contributed by atoms with Crippen LogP contribution in [0.2, 0.25) is 0 Å². The lowest BCUT2D eigenvalue weighted by molar-refractivity contribution is 0.727. The Morgan fingerprint density at radius 2 is 2.43 bits per heavy atom. The fourth-order valence-corrected chi connectivity index (χ4v) is 1.88. The molecule has 1 heterocycles. The summed E-state index contributed by atoms with van der Waals surface area (Å²) >= 11 is 1.61. The van der Waals surface area contributed by atoms with Crippen LogP contribution in [-0.2, 0) is 0 Å². The fourth-order valence-electron chi connectivity index (χ4n) is 1.10. The molecule has 0 spiro atoms. The Hall–Kier alpha value is -1.10. The van der Waals surface area contributed by atoms with Gasteiger partial charge in [-0.1, -0.05) is 6.92 Å². The van der Waals surface area contributed by atoms with Crippen LogP contribution in [0.5, 0.6) is 0 Å². The summed E-state index contributed by atoms with van der Waals surface area (Å²) in [6.45, 7) is 4.66. The molecule has 0 aliphatic carbocycles. The molecule has 1 unspecified atom stereocenters. The molecule has 0 aromatic carbocycles. The molecule has 1 rings (SSSR count). The van der Waals surface area contributed by atoms with Crippen molar-refractivity contribution < 1.29 is 0 Å². The molecule has 5 heteroatoms. The lowest BCUT2D eigenvalue weighted by atomic mass is 10.1. The number of anilines is 1. The number of aromatic nitrogens is 1. The summed E-state index contributed by atoms with van der Waals surface area (Å²) in [6.07, 6.45) is 0. The van der Waals surface area contributed by atoms with Gasteiger partial charge in [-0.2, -0.15) is 0 Å². The highest BCUT2D eigenvalue weighted by molar-refractivity contribution is 7.13. The summed E-state index contributed by atoms with van der Waals surface area (Å²) in [6, 6.07) is 0. The summed E-state index contributed by atoms with van der Waals surface area (Å²) in [7, 11) is 1.97. The fraction of sp³-hybridized carbons (Fsp3) is 0.556. The van der Waals surface area contributed by atoms with E-state index in [9.17, 15) is 0 Å². The largest absolute Gasteiger partial charge is 0.387 e. The van der Waals surface area contributed by atoms with Gasteiger partial charge in [-0.3, -0.25) is 5.41 Å². The second-order valence-electron chi connectivity index (χ2n) is 3.51. The molecule has 4 nitrogen and oxygen atoms in total. The quantitative estimate of drug-likeness (QED) is 0.586. The first-order chi connectivity index (χ1) is 6.50. The minimum Gasteiger partial charge on any atom is -0.387 e. The first-order valence-corrected chi connectivity index (χ1v) is 5.36. The standard InChI is InChI=1S/C9H16N4S/c1-6(8(10)11)4-13(3)9-12-7(2)5-14-9/h5-6H,4H2,1-3H3,(H3,10,11). The summed E-state index contributed by atoms with van der Waals surface area (Å²) in [5.74, 6) is 0.300. The van der Waals surface area contributed by atoms with Gasteiger partial charge in [0.15, 0.2) is 5.13 Å². The van der Waals surface area contributed by atoms with E-state index in [1.54, 1.807) is 11.3 Å². The van der Waals surface area contributed by atoms with Crippen LogP contribution in [0.4, 0.5) is 5.13 Å². The number of aryl methyl sites for hydroxylation is 1. The van der Waals surface area contributed by atoms with Crippen LogP contribution in [0.25, 0.3) is 0 Å². The molecular weight excluding hydrogens is 196 g/mol. The van der Waals surface area contributed by atoms with E-state index in [4.69, 9.17) is 11.1 Å². The highest BCUT2D eigenvalue weighted by atomic mass is 32.1.